The van der Waals surface area contributed by atoms with E-state index in [-0.39, 0.29) is 17.4 Å². The van der Waals surface area contributed by atoms with Crippen LogP contribution in [0.15, 0.2) is 60.7 Å². The van der Waals surface area contributed by atoms with Gasteiger partial charge < -0.3 is 15.5 Å². The summed E-state index contributed by atoms with van der Waals surface area (Å²) in [6, 6.07) is 16.7. The van der Waals surface area contributed by atoms with Gasteiger partial charge in [0.05, 0.1) is 0 Å². The Balaban J connectivity index is 1.83. The first kappa shape index (κ1) is 20.4. The van der Waals surface area contributed by atoms with Crippen LogP contribution < -0.4 is 10.6 Å². The smallest absolute Gasteiger partial charge is 0.274 e. The highest BCUT2D eigenvalue weighted by molar-refractivity contribution is 6.03. The van der Waals surface area contributed by atoms with Crippen LogP contribution >= 0.6 is 0 Å². The molecule has 0 fully saturated rings. The lowest BCUT2D eigenvalue weighted by molar-refractivity contribution is 0.102. The summed E-state index contributed by atoms with van der Waals surface area (Å²) in [5.41, 5.74) is 1.55. The molecule has 0 aliphatic carbocycles. The monoisotopic (exact) mass is 393 g/mol. The van der Waals surface area contributed by atoms with E-state index in [4.69, 9.17) is 0 Å². The maximum absolute atomic E-state index is 13.1. The van der Waals surface area contributed by atoms with E-state index in [0.717, 1.165) is 25.1 Å². The Labute approximate surface area is 169 Å². The largest absolute Gasteiger partial charge is 0.370 e. The van der Waals surface area contributed by atoms with Crippen LogP contribution in [0, 0.1) is 5.82 Å². The summed E-state index contributed by atoms with van der Waals surface area (Å²) in [4.78, 5) is 23.8. The predicted molar refractivity (Wildman–Crippen MR) is 113 cm³/mol. The van der Waals surface area contributed by atoms with Crippen molar-refractivity contribution in [1.29, 1.82) is 0 Å². The molecule has 0 radical (unpaired) electrons. The first-order valence-corrected chi connectivity index (χ1v) is 9.41. The van der Waals surface area contributed by atoms with Crippen LogP contribution in [0.5, 0.6) is 0 Å². The SMILES string of the molecule is CN(C)CCCNc1cc(C(=O)Nc2ccc(F)cc2)nc(-c2ccccc2)n1. The van der Waals surface area contributed by atoms with E-state index >= 15 is 0 Å². The van der Waals surface area contributed by atoms with Gasteiger partial charge in [-0.3, -0.25) is 4.79 Å². The molecule has 0 saturated carbocycles. The highest BCUT2D eigenvalue weighted by Gasteiger charge is 2.13. The molecule has 1 amide bonds. The minimum atomic E-state index is -0.382. The minimum absolute atomic E-state index is 0.235. The van der Waals surface area contributed by atoms with E-state index in [1.165, 1.54) is 24.3 Å². The zero-order chi connectivity index (χ0) is 20.6. The van der Waals surface area contributed by atoms with Gasteiger partial charge in [-0.05, 0) is 51.3 Å². The molecule has 29 heavy (non-hydrogen) atoms. The number of rotatable bonds is 8. The summed E-state index contributed by atoms with van der Waals surface area (Å²) in [5.74, 6) is 0.308. The zero-order valence-corrected chi connectivity index (χ0v) is 16.5. The molecule has 0 saturated heterocycles. The molecule has 7 heteroatoms. The summed E-state index contributed by atoms with van der Waals surface area (Å²) in [7, 11) is 4.05. The number of amides is 1. The number of hydrogen-bond acceptors (Lipinski definition) is 5. The number of nitrogens with one attached hydrogen (secondary N) is 2. The first-order valence-electron chi connectivity index (χ1n) is 9.41. The molecule has 0 aliphatic heterocycles. The van der Waals surface area contributed by atoms with E-state index in [9.17, 15) is 9.18 Å². The maximum atomic E-state index is 13.1. The predicted octanol–water partition coefficient (Wildman–Crippen LogP) is 3.90. The van der Waals surface area contributed by atoms with Crippen molar-refractivity contribution in [2.24, 2.45) is 0 Å². The summed E-state index contributed by atoms with van der Waals surface area (Å²) < 4.78 is 13.1. The van der Waals surface area contributed by atoms with Crippen LogP contribution in [0.25, 0.3) is 11.4 Å². The number of anilines is 2. The average molecular weight is 393 g/mol. The quantitative estimate of drug-likeness (QED) is 0.568. The molecule has 1 aromatic heterocycles. The second-order valence-corrected chi connectivity index (χ2v) is 6.87. The third-order valence-corrected chi connectivity index (χ3v) is 4.18. The van der Waals surface area contributed by atoms with Crippen LogP contribution in [0.1, 0.15) is 16.9 Å². The van der Waals surface area contributed by atoms with Gasteiger partial charge in [0, 0.05) is 23.9 Å². The molecule has 0 aliphatic rings. The highest BCUT2D eigenvalue weighted by Crippen LogP contribution is 2.19. The standard InChI is InChI=1S/C22H24FN5O/c1-28(2)14-6-13-24-20-15-19(22(29)25-18-11-9-17(23)10-12-18)26-21(27-20)16-7-4-3-5-8-16/h3-5,7-12,15H,6,13-14H2,1-2H3,(H,25,29)(H,24,26,27). The molecule has 2 N–H and O–H groups in total. The second kappa shape index (κ2) is 9.75. The summed E-state index contributed by atoms with van der Waals surface area (Å²) in [5, 5.41) is 6.01. The lowest BCUT2D eigenvalue weighted by Gasteiger charge is -2.12. The van der Waals surface area contributed by atoms with Gasteiger partial charge in [-0.2, -0.15) is 0 Å². The van der Waals surface area contributed by atoms with Gasteiger partial charge in [-0.25, -0.2) is 14.4 Å². The molecular formula is C22H24FN5O. The van der Waals surface area contributed by atoms with E-state index in [0.29, 0.717) is 17.3 Å². The van der Waals surface area contributed by atoms with Crippen molar-refractivity contribution < 1.29 is 9.18 Å². The Bertz CT molecular complexity index is 945. The van der Waals surface area contributed by atoms with Crippen molar-refractivity contribution in [2.75, 3.05) is 37.8 Å². The fourth-order valence-electron chi connectivity index (χ4n) is 2.71. The van der Waals surface area contributed by atoms with Crippen LogP contribution in [-0.2, 0) is 0 Å². The number of halogens is 1. The molecule has 0 unspecified atom stereocenters. The Morgan fingerprint density at radius 1 is 1.03 bits per heavy atom. The van der Waals surface area contributed by atoms with E-state index in [1.807, 2.05) is 44.4 Å². The number of benzene rings is 2. The van der Waals surface area contributed by atoms with Crippen LogP contribution in [0.4, 0.5) is 15.9 Å². The molecule has 0 atom stereocenters. The Kier molecular flexibility index (Phi) is 6.86. The lowest BCUT2D eigenvalue weighted by Crippen LogP contribution is -2.18. The molecular weight excluding hydrogens is 369 g/mol. The van der Waals surface area contributed by atoms with Gasteiger partial charge in [-0.1, -0.05) is 30.3 Å². The first-order chi connectivity index (χ1) is 14.0. The molecule has 150 valence electrons. The van der Waals surface area contributed by atoms with Crippen molar-refractivity contribution in [1.82, 2.24) is 14.9 Å². The van der Waals surface area contributed by atoms with Crippen molar-refractivity contribution in [3.8, 4) is 11.4 Å². The Hall–Kier alpha value is -3.32. The third-order valence-electron chi connectivity index (χ3n) is 4.18. The van der Waals surface area contributed by atoms with Crippen LogP contribution in [0.2, 0.25) is 0 Å². The molecule has 2 aromatic carbocycles. The maximum Gasteiger partial charge on any atom is 0.274 e. The summed E-state index contributed by atoms with van der Waals surface area (Å²) >= 11 is 0. The molecule has 3 aromatic rings. The van der Waals surface area contributed by atoms with E-state index in [1.54, 1.807) is 6.07 Å². The normalized spacial score (nSPS) is 10.8. The van der Waals surface area contributed by atoms with E-state index in [2.05, 4.69) is 25.5 Å². The molecule has 0 spiro atoms. The van der Waals surface area contributed by atoms with Crippen molar-refractivity contribution in [3.63, 3.8) is 0 Å². The molecule has 1 heterocycles. The van der Waals surface area contributed by atoms with Crippen molar-refractivity contribution in [3.05, 3.63) is 72.2 Å². The summed E-state index contributed by atoms with van der Waals surface area (Å²) in [6.45, 7) is 1.67. The molecule has 0 bridgehead atoms. The second-order valence-electron chi connectivity index (χ2n) is 6.87. The van der Waals surface area contributed by atoms with E-state index < -0.39 is 0 Å². The molecule has 6 nitrogen and oxygen atoms in total. The molecule has 3 rings (SSSR count). The third kappa shape index (κ3) is 6.08. The number of carbonyl (C=O) groups excluding carboxylic acids is 1. The van der Waals surface area contributed by atoms with Crippen LogP contribution in [0.3, 0.4) is 0 Å². The van der Waals surface area contributed by atoms with Gasteiger partial charge in [0.2, 0.25) is 0 Å². The number of nitrogens with zero attached hydrogens (tertiary/aromatic N) is 3. The lowest BCUT2D eigenvalue weighted by atomic mass is 10.2. The van der Waals surface area contributed by atoms with Gasteiger partial charge in [0.15, 0.2) is 5.82 Å². The number of hydrogen-bond donors (Lipinski definition) is 2. The van der Waals surface area contributed by atoms with Crippen LogP contribution in [-0.4, -0.2) is 48.0 Å². The van der Waals surface area contributed by atoms with Crippen molar-refractivity contribution >= 4 is 17.4 Å². The summed E-state index contributed by atoms with van der Waals surface area (Å²) in [6.07, 6.45) is 0.939. The van der Waals surface area contributed by atoms with Gasteiger partial charge in [0.1, 0.15) is 17.3 Å². The minimum Gasteiger partial charge on any atom is -0.370 e. The fraction of sp³-hybridized carbons (Fsp3) is 0.227. The Morgan fingerprint density at radius 3 is 2.45 bits per heavy atom. The topological polar surface area (TPSA) is 70.2 Å². The number of carbonyl (C=O) groups is 1. The number of aromatic nitrogens is 2. The van der Waals surface area contributed by atoms with Crippen molar-refractivity contribution in [2.45, 2.75) is 6.42 Å². The fourth-order valence-corrected chi connectivity index (χ4v) is 2.71. The zero-order valence-electron chi connectivity index (χ0n) is 16.5. The average Bonchev–Trinajstić information content (AvgIpc) is 2.73. The van der Waals surface area contributed by atoms with Gasteiger partial charge in [0.25, 0.3) is 5.91 Å². The van der Waals surface area contributed by atoms with Gasteiger partial charge >= 0.3 is 0 Å². The Morgan fingerprint density at radius 2 is 1.76 bits per heavy atom. The highest BCUT2D eigenvalue weighted by atomic mass is 19.1. The van der Waals surface area contributed by atoms with Gasteiger partial charge in [-0.15, -0.1) is 0 Å².